The molecule has 0 aliphatic heterocycles. The summed E-state index contributed by atoms with van der Waals surface area (Å²) >= 11 is 0. The molecule has 1 aromatic carbocycles. The van der Waals surface area contributed by atoms with Crippen molar-refractivity contribution in [2.75, 3.05) is 19.5 Å². The molecule has 1 atom stereocenters. The summed E-state index contributed by atoms with van der Waals surface area (Å²) in [5.41, 5.74) is 10.5. The van der Waals surface area contributed by atoms with Gasteiger partial charge in [0.25, 0.3) is 0 Å². The highest BCUT2D eigenvalue weighted by Gasteiger charge is 2.12. The molecule has 0 radical (unpaired) electrons. The number of rotatable bonds is 3. The molecule has 78 valence electrons. The van der Waals surface area contributed by atoms with Crippen molar-refractivity contribution in [1.82, 2.24) is 0 Å². The first-order chi connectivity index (χ1) is 6.56. The molecule has 0 heterocycles. The van der Waals surface area contributed by atoms with Crippen molar-refractivity contribution in [3.63, 3.8) is 0 Å². The van der Waals surface area contributed by atoms with Gasteiger partial charge in [-0.25, -0.2) is 8.78 Å². The van der Waals surface area contributed by atoms with Gasteiger partial charge in [0.15, 0.2) is 0 Å². The van der Waals surface area contributed by atoms with Crippen LogP contribution in [0, 0.1) is 11.6 Å². The largest absolute Gasteiger partial charge is 0.394 e. The molecule has 1 unspecified atom stereocenters. The topological polar surface area (TPSA) is 61.3 Å². The second-order valence-electron chi connectivity index (χ2n) is 2.96. The molecule has 0 amide bonds. The monoisotopic (exact) mass is 202 g/mol. The van der Waals surface area contributed by atoms with Crippen molar-refractivity contribution in [2.45, 2.75) is 6.04 Å². The maximum atomic E-state index is 13.0. The highest BCUT2D eigenvalue weighted by atomic mass is 19.1. The molecule has 0 saturated carbocycles. The van der Waals surface area contributed by atoms with Crippen molar-refractivity contribution in [3.8, 4) is 0 Å². The van der Waals surface area contributed by atoms with Crippen LogP contribution in [0.25, 0.3) is 0 Å². The Morgan fingerprint density at radius 2 is 1.86 bits per heavy atom. The number of methoxy groups -OCH3 is 1. The second-order valence-corrected chi connectivity index (χ2v) is 2.96. The maximum absolute atomic E-state index is 13.0. The van der Waals surface area contributed by atoms with Gasteiger partial charge in [-0.3, -0.25) is 0 Å². The Bertz CT molecular complexity index is 308. The highest BCUT2D eigenvalue weighted by molar-refractivity contribution is 5.43. The van der Waals surface area contributed by atoms with E-state index < -0.39 is 23.4 Å². The van der Waals surface area contributed by atoms with Crippen LogP contribution in [0.5, 0.6) is 0 Å². The van der Waals surface area contributed by atoms with Gasteiger partial charge in [-0.05, 0) is 17.7 Å². The number of halogens is 2. The zero-order valence-corrected chi connectivity index (χ0v) is 7.76. The van der Waals surface area contributed by atoms with Gasteiger partial charge in [0, 0.05) is 7.11 Å². The summed E-state index contributed by atoms with van der Waals surface area (Å²) in [5, 5.41) is 0. The van der Waals surface area contributed by atoms with E-state index in [2.05, 4.69) is 0 Å². The first-order valence-corrected chi connectivity index (χ1v) is 4.05. The van der Waals surface area contributed by atoms with Crippen molar-refractivity contribution >= 4 is 5.69 Å². The van der Waals surface area contributed by atoms with Gasteiger partial charge in [0.2, 0.25) is 0 Å². The SMILES string of the molecule is COCC(N)c1cc(F)c(N)c(F)c1. The molecule has 0 saturated heterocycles. The number of anilines is 1. The molecule has 0 aromatic heterocycles. The summed E-state index contributed by atoms with van der Waals surface area (Å²) in [6.07, 6.45) is 0. The highest BCUT2D eigenvalue weighted by Crippen LogP contribution is 2.20. The van der Waals surface area contributed by atoms with Crippen LogP contribution in [0.15, 0.2) is 12.1 Å². The van der Waals surface area contributed by atoms with Gasteiger partial charge in [-0.2, -0.15) is 0 Å². The van der Waals surface area contributed by atoms with Crippen LogP contribution in [0.3, 0.4) is 0 Å². The molecule has 0 fully saturated rings. The molecule has 0 spiro atoms. The van der Waals surface area contributed by atoms with Crippen molar-refractivity contribution in [3.05, 3.63) is 29.3 Å². The molecule has 5 heteroatoms. The van der Waals surface area contributed by atoms with Crippen molar-refractivity contribution < 1.29 is 13.5 Å². The van der Waals surface area contributed by atoms with Gasteiger partial charge in [-0.15, -0.1) is 0 Å². The van der Waals surface area contributed by atoms with E-state index in [-0.39, 0.29) is 6.61 Å². The number of hydrogen-bond donors (Lipinski definition) is 2. The van der Waals surface area contributed by atoms with E-state index in [9.17, 15) is 8.78 Å². The standard InChI is InChI=1S/C9H12F2N2O/c1-14-4-8(12)5-2-6(10)9(13)7(11)3-5/h2-3,8H,4,12-13H2,1H3. The van der Waals surface area contributed by atoms with Crippen LogP contribution in [0.1, 0.15) is 11.6 Å². The first-order valence-electron chi connectivity index (χ1n) is 4.05. The smallest absolute Gasteiger partial charge is 0.149 e. The molecule has 1 aromatic rings. The lowest BCUT2D eigenvalue weighted by Gasteiger charge is -2.11. The van der Waals surface area contributed by atoms with E-state index in [0.717, 1.165) is 12.1 Å². The van der Waals surface area contributed by atoms with Crippen LogP contribution in [-0.2, 0) is 4.74 Å². The van der Waals surface area contributed by atoms with Gasteiger partial charge in [0.1, 0.15) is 17.3 Å². The number of nitrogens with two attached hydrogens (primary N) is 2. The van der Waals surface area contributed by atoms with Gasteiger partial charge in [-0.1, -0.05) is 0 Å². The van der Waals surface area contributed by atoms with E-state index in [4.69, 9.17) is 16.2 Å². The summed E-state index contributed by atoms with van der Waals surface area (Å²) in [5.74, 6) is -1.60. The van der Waals surface area contributed by atoms with E-state index in [0.29, 0.717) is 5.56 Å². The third-order valence-electron chi connectivity index (χ3n) is 1.88. The predicted octanol–water partition coefficient (Wildman–Crippen LogP) is 1.19. The Balaban J connectivity index is 3.00. The predicted molar refractivity (Wildman–Crippen MR) is 49.6 cm³/mol. The molecular formula is C9H12F2N2O. The molecule has 14 heavy (non-hydrogen) atoms. The summed E-state index contributed by atoms with van der Waals surface area (Å²) in [7, 11) is 1.46. The lowest BCUT2D eigenvalue weighted by molar-refractivity contribution is 0.180. The number of benzene rings is 1. The van der Waals surface area contributed by atoms with E-state index in [1.54, 1.807) is 0 Å². The average molecular weight is 202 g/mol. The Kier molecular flexibility index (Phi) is 3.38. The van der Waals surface area contributed by atoms with Gasteiger partial charge in [0.05, 0.1) is 12.6 Å². The molecule has 1 rings (SSSR count). The average Bonchev–Trinajstić information content (AvgIpc) is 2.13. The fourth-order valence-corrected chi connectivity index (χ4v) is 1.09. The third kappa shape index (κ3) is 2.18. The summed E-state index contributed by atoms with van der Waals surface area (Å²) in [6, 6.07) is 1.68. The zero-order valence-electron chi connectivity index (χ0n) is 7.76. The minimum atomic E-state index is -0.799. The number of hydrogen-bond acceptors (Lipinski definition) is 3. The molecular weight excluding hydrogens is 190 g/mol. The van der Waals surface area contributed by atoms with Crippen LogP contribution >= 0.6 is 0 Å². The molecule has 0 aliphatic rings. The number of ether oxygens (including phenoxy) is 1. The Morgan fingerprint density at radius 1 is 1.36 bits per heavy atom. The molecule has 0 aliphatic carbocycles. The van der Waals surface area contributed by atoms with Crippen LogP contribution in [0.4, 0.5) is 14.5 Å². The quantitative estimate of drug-likeness (QED) is 0.724. The fourth-order valence-electron chi connectivity index (χ4n) is 1.09. The van der Waals surface area contributed by atoms with Crippen molar-refractivity contribution in [2.24, 2.45) is 5.73 Å². The zero-order chi connectivity index (χ0) is 10.7. The normalized spacial score (nSPS) is 12.9. The minimum absolute atomic E-state index is 0.197. The van der Waals surface area contributed by atoms with E-state index in [1.807, 2.05) is 0 Å². The van der Waals surface area contributed by atoms with Crippen LogP contribution in [-0.4, -0.2) is 13.7 Å². The fraction of sp³-hybridized carbons (Fsp3) is 0.333. The lowest BCUT2D eigenvalue weighted by Crippen LogP contribution is -2.17. The Morgan fingerprint density at radius 3 is 2.29 bits per heavy atom. The Hall–Kier alpha value is -1.20. The maximum Gasteiger partial charge on any atom is 0.149 e. The van der Waals surface area contributed by atoms with E-state index >= 15 is 0 Å². The van der Waals surface area contributed by atoms with E-state index in [1.165, 1.54) is 7.11 Å². The van der Waals surface area contributed by atoms with Gasteiger partial charge >= 0.3 is 0 Å². The lowest BCUT2D eigenvalue weighted by atomic mass is 10.1. The molecule has 0 bridgehead atoms. The molecule has 3 nitrogen and oxygen atoms in total. The first kappa shape index (κ1) is 10.9. The number of nitrogen functional groups attached to an aromatic ring is 1. The second kappa shape index (κ2) is 4.34. The molecule has 4 N–H and O–H groups in total. The minimum Gasteiger partial charge on any atom is -0.394 e. The van der Waals surface area contributed by atoms with Gasteiger partial charge < -0.3 is 16.2 Å². The van der Waals surface area contributed by atoms with Crippen LogP contribution in [0.2, 0.25) is 0 Å². The summed E-state index contributed by atoms with van der Waals surface area (Å²) in [4.78, 5) is 0. The van der Waals surface area contributed by atoms with Crippen LogP contribution < -0.4 is 11.5 Å². The van der Waals surface area contributed by atoms with Crippen molar-refractivity contribution in [1.29, 1.82) is 0 Å². The Labute approximate surface area is 80.7 Å². The third-order valence-corrected chi connectivity index (χ3v) is 1.88. The summed E-state index contributed by atoms with van der Waals surface area (Å²) < 4.78 is 30.7. The summed E-state index contributed by atoms with van der Waals surface area (Å²) in [6.45, 7) is 0.197.